The summed E-state index contributed by atoms with van der Waals surface area (Å²) in [4.78, 5) is 10.4. The Balaban J connectivity index is 1.68. The Labute approximate surface area is 175 Å². The van der Waals surface area contributed by atoms with Crippen molar-refractivity contribution in [1.82, 2.24) is 0 Å². The van der Waals surface area contributed by atoms with E-state index >= 15 is 0 Å². The highest BCUT2D eigenvalue weighted by Crippen LogP contribution is 2.43. The summed E-state index contributed by atoms with van der Waals surface area (Å²) in [6, 6.07) is 16.3. The van der Waals surface area contributed by atoms with Crippen molar-refractivity contribution in [2.24, 2.45) is 10.2 Å². The average molecular weight is 403 g/mol. The predicted octanol–water partition coefficient (Wildman–Crippen LogP) is 7.30. The molecule has 4 rings (SSSR count). The molecule has 0 aliphatic carbocycles. The van der Waals surface area contributed by atoms with Gasteiger partial charge in [-0.3, -0.25) is 10.1 Å². The number of anilines is 2. The number of nitro benzene ring substituents is 1. The Morgan fingerprint density at radius 1 is 0.967 bits per heavy atom. The molecule has 1 aliphatic rings. The molecule has 7 heteroatoms. The van der Waals surface area contributed by atoms with Gasteiger partial charge in [0.2, 0.25) is 0 Å². The van der Waals surface area contributed by atoms with Crippen molar-refractivity contribution < 1.29 is 4.92 Å². The summed E-state index contributed by atoms with van der Waals surface area (Å²) in [5.41, 5.74) is 3.43. The molecule has 0 aromatic heterocycles. The van der Waals surface area contributed by atoms with E-state index in [1.54, 1.807) is 12.1 Å². The van der Waals surface area contributed by atoms with Crippen LogP contribution >= 0.6 is 0 Å². The molecule has 3 aromatic rings. The predicted molar refractivity (Wildman–Crippen MR) is 121 cm³/mol. The van der Waals surface area contributed by atoms with E-state index in [2.05, 4.69) is 46.8 Å². The highest BCUT2D eigenvalue weighted by atomic mass is 16.6. The number of nitrogens with zero attached hydrogens (tertiary/aromatic N) is 3. The van der Waals surface area contributed by atoms with Gasteiger partial charge in [0.25, 0.3) is 5.69 Å². The lowest BCUT2D eigenvalue weighted by Gasteiger charge is -2.41. The van der Waals surface area contributed by atoms with Crippen molar-refractivity contribution in [3.63, 3.8) is 0 Å². The molecule has 0 fully saturated rings. The Morgan fingerprint density at radius 2 is 1.70 bits per heavy atom. The standard InChI is InChI=1S/C23H25N5O2/c1-3-5-15-23(4-2)24-20-8-6-7-18-19(13-14-21(25-23)22(18)20)27-26-16-9-11-17(12-10-16)28(29)30/h6-14,24-25H,3-5,15H2,1-2H3/b27-26+. The minimum Gasteiger partial charge on any atom is -0.362 e. The third-order valence-electron chi connectivity index (χ3n) is 5.66. The Bertz CT molecular complexity index is 1100. The second-order valence-corrected chi connectivity index (χ2v) is 7.62. The second kappa shape index (κ2) is 8.10. The first-order valence-electron chi connectivity index (χ1n) is 10.3. The minimum atomic E-state index is -0.427. The number of nitro groups is 1. The van der Waals surface area contributed by atoms with E-state index in [4.69, 9.17) is 0 Å². The van der Waals surface area contributed by atoms with Crippen molar-refractivity contribution in [1.29, 1.82) is 0 Å². The number of unbranched alkanes of at least 4 members (excludes halogenated alkanes) is 1. The quantitative estimate of drug-likeness (QED) is 0.246. The van der Waals surface area contributed by atoms with E-state index in [1.807, 2.05) is 18.2 Å². The lowest BCUT2D eigenvalue weighted by atomic mass is 9.93. The molecule has 1 aliphatic heterocycles. The number of hydrogen-bond donors (Lipinski definition) is 2. The van der Waals surface area contributed by atoms with Gasteiger partial charge in [-0.05, 0) is 49.6 Å². The molecular weight excluding hydrogens is 378 g/mol. The van der Waals surface area contributed by atoms with Crippen LogP contribution in [0.4, 0.5) is 28.4 Å². The van der Waals surface area contributed by atoms with Crippen LogP contribution in [-0.4, -0.2) is 10.6 Å². The summed E-state index contributed by atoms with van der Waals surface area (Å²) >= 11 is 0. The highest BCUT2D eigenvalue weighted by Gasteiger charge is 2.32. The van der Waals surface area contributed by atoms with E-state index in [0.29, 0.717) is 5.69 Å². The van der Waals surface area contributed by atoms with E-state index < -0.39 is 4.92 Å². The van der Waals surface area contributed by atoms with Gasteiger partial charge in [0.1, 0.15) is 5.66 Å². The third kappa shape index (κ3) is 3.70. The molecule has 7 nitrogen and oxygen atoms in total. The molecule has 154 valence electrons. The molecule has 0 saturated heterocycles. The molecule has 0 saturated carbocycles. The first kappa shape index (κ1) is 19.8. The third-order valence-corrected chi connectivity index (χ3v) is 5.66. The molecule has 0 spiro atoms. The minimum absolute atomic E-state index is 0.0372. The van der Waals surface area contributed by atoms with Crippen LogP contribution < -0.4 is 10.6 Å². The van der Waals surface area contributed by atoms with Gasteiger partial charge in [-0.15, -0.1) is 5.11 Å². The zero-order chi connectivity index (χ0) is 21.1. The van der Waals surface area contributed by atoms with Crippen LogP contribution in [-0.2, 0) is 0 Å². The average Bonchev–Trinajstić information content (AvgIpc) is 2.77. The van der Waals surface area contributed by atoms with Gasteiger partial charge in [0.15, 0.2) is 0 Å². The Morgan fingerprint density at radius 3 is 2.37 bits per heavy atom. The summed E-state index contributed by atoms with van der Waals surface area (Å²) in [6.07, 6.45) is 4.34. The number of non-ortho nitro benzene ring substituents is 1. The number of hydrogen-bond acceptors (Lipinski definition) is 6. The van der Waals surface area contributed by atoms with Gasteiger partial charge in [-0.2, -0.15) is 5.11 Å². The first-order valence-corrected chi connectivity index (χ1v) is 10.3. The summed E-state index contributed by atoms with van der Waals surface area (Å²) in [6.45, 7) is 4.41. The van der Waals surface area contributed by atoms with Crippen LogP contribution in [0.2, 0.25) is 0 Å². The largest absolute Gasteiger partial charge is 0.362 e. The van der Waals surface area contributed by atoms with Crippen molar-refractivity contribution in [2.75, 3.05) is 10.6 Å². The SMILES string of the molecule is CCCCC1(CC)Nc2cccc3c(/N=N/c4ccc([N+](=O)[O-])cc4)ccc(c23)N1. The Hall–Kier alpha value is -3.48. The smallest absolute Gasteiger partial charge is 0.269 e. The monoisotopic (exact) mass is 403 g/mol. The first-order chi connectivity index (χ1) is 14.5. The molecule has 0 bridgehead atoms. The summed E-state index contributed by atoms with van der Waals surface area (Å²) in [5, 5.41) is 29.1. The number of nitrogens with one attached hydrogen (secondary N) is 2. The van der Waals surface area contributed by atoms with Gasteiger partial charge in [0.05, 0.1) is 16.3 Å². The maximum atomic E-state index is 10.8. The van der Waals surface area contributed by atoms with Crippen LogP contribution in [0, 0.1) is 10.1 Å². The van der Waals surface area contributed by atoms with Crippen LogP contribution in [0.5, 0.6) is 0 Å². The number of rotatable bonds is 7. The fourth-order valence-electron chi connectivity index (χ4n) is 3.94. The van der Waals surface area contributed by atoms with Crippen LogP contribution in [0.1, 0.15) is 39.5 Å². The molecule has 0 amide bonds. The second-order valence-electron chi connectivity index (χ2n) is 7.62. The highest BCUT2D eigenvalue weighted by molar-refractivity contribution is 6.09. The van der Waals surface area contributed by atoms with E-state index in [1.165, 1.54) is 12.1 Å². The van der Waals surface area contributed by atoms with Crippen molar-refractivity contribution in [2.45, 2.75) is 45.2 Å². The Kier molecular flexibility index (Phi) is 5.35. The van der Waals surface area contributed by atoms with Crippen LogP contribution in [0.3, 0.4) is 0 Å². The van der Waals surface area contributed by atoms with Gasteiger partial charge < -0.3 is 10.6 Å². The van der Waals surface area contributed by atoms with E-state index in [-0.39, 0.29) is 11.4 Å². The fourth-order valence-corrected chi connectivity index (χ4v) is 3.94. The maximum Gasteiger partial charge on any atom is 0.269 e. The van der Waals surface area contributed by atoms with Gasteiger partial charge >= 0.3 is 0 Å². The van der Waals surface area contributed by atoms with Crippen molar-refractivity contribution in [3.05, 3.63) is 64.7 Å². The van der Waals surface area contributed by atoms with Crippen LogP contribution in [0.15, 0.2) is 64.8 Å². The zero-order valence-electron chi connectivity index (χ0n) is 17.2. The molecule has 1 heterocycles. The fraction of sp³-hybridized carbons (Fsp3) is 0.304. The number of azo groups is 1. The lowest BCUT2D eigenvalue weighted by molar-refractivity contribution is -0.384. The van der Waals surface area contributed by atoms with E-state index in [0.717, 1.165) is 53.5 Å². The van der Waals surface area contributed by atoms with E-state index in [9.17, 15) is 10.1 Å². The van der Waals surface area contributed by atoms with Crippen molar-refractivity contribution >= 4 is 39.2 Å². The van der Waals surface area contributed by atoms with Gasteiger partial charge in [-0.25, -0.2) is 0 Å². The maximum absolute atomic E-state index is 10.8. The molecular formula is C23H25N5O2. The molecule has 1 atom stereocenters. The molecule has 30 heavy (non-hydrogen) atoms. The molecule has 3 aromatic carbocycles. The normalized spacial score (nSPS) is 17.7. The topological polar surface area (TPSA) is 91.9 Å². The molecule has 2 N–H and O–H groups in total. The van der Waals surface area contributed by atoms with Gasteiger partial charge in [-0.1, -0.05) is 32.4 Å². The summed E-state index contributed by atoms with van der Waals surface area (Å²) in [5.74, 6) is 0. The summed E-state index contributed by atoms with van der Waals surface area (Å²) < 4.78 is 0. The number of benzene rings is 3. The van der Waals surface area contributed by atoms with Crippen molar-refractivity contribution in [3.8, 4) is 0 Å². The molecule has 1 unspecified atom stereocenters. The molecule has 0 radical (unpaired) electrons. The van der Waals surface area contributed by atoms with Gasteiger partial charge in [0, 0.05) is 34.3 Å². The lowest BCUT2D eigenvalue weighted by Crippen LogP contribution is -2.47. The zero-order valence-corrected chi connectivity index (χ0v) is 17.2. The summed E-state index contributed by atoms with van der Waals surface area (Å²) in [7, 11) is 0. The van der Waals surface area contributed by atoms with Crippen LogP contribution in [0.25, 0.3) is 10.8 Å².